The number of aliphatic hydroxyl groups is 1. The third kappa shape index (κ3) is 2.94. The van der Waals surface area contributed by atoms with Crippen LogP contribution in [-0.4, -0.2) is 35.2 Å². The van der Waals surface area contributed by atoms with Crippen LogP contribution in [0.25, 0.3) is 0 Å². The highest BCUT2D eigenvalue weighted by Crippen LogP contribution is 2.33. The molecular weight excluding hydrogens is 292 g/mol. The summed E-state index contributed by atoms with van der Waals surface area (Å²) in [6.45, 7) is 3.75. The number of aliphatic hydroxyl groups excluding tert-OH is 1. The van der Waals surface area contributed by atoms with Gasteiger partial charge in [0.1, 0.15) is 0 Å². The van der Waals surface area contributed by atoms with Crippen LogP contribution in [-0.2, 0) is 0 Å². The maximum absolute atomic E-state index is 9.72. The second-order valence-electron chi connectivity index (χ2n) is 4.98. The summed E-state index contributed by atoms with van der Waals surface area (Å²) in [5, 5.41) is 9.72. The molecule has 2 rings (SSSR count). The smallest absolute Gasteiger partial charge is 0.0679 e. The largest absolute Gasteiger partial charge is 0.392 e. The topological polar surface area (TPSA) is 49.5 Å². The lowest BCUT2D eigenvalue weighted by Gasteiger charge is -2.33. The van der Waals surface area contributed by atoms with Crippen molar-refractivity contribution >= 4 is 15.9 Å². The van der Waals surface area contributed by atoms with Crippen molar-refractivity contribution in [2.45, 2.75) is 38.0 Å². The molecular formula is C14H21BrN2O. The van der Waals surface area contributed by atoms with Crippen molar-refractivity contribution in [1.29, 1.82) is 0 Å². The van der Waals surface area contributed by atoms with Crippen LogP contribution in [0.5, 0.6) is 0 Å². The molecule has 3 nitrogen and oxygen atoms in total. The number of hydrogen-bond acceptors (Lipinski definition) is 3. The van der Waals surface area contributed by atoms with Gasteiger partial charge >= 0.3 is 0 Å². The minimum atomic E-state index is -0.209. The highest BCUT2D eigenvalue weighted by molar-refractivity contribution is 9.10. The molecule has 0 bridgehead atoms. The summed E-state index contributed by atoms with van der Waals surface area (Å²) in [4.78, 5) is 2.30. The number of benzene rings is 1. The van der Waals surface area contributed by atoms with Crippen molar-refractivity contribution in [3.63, 3.8) is 0 Å². The van der Waals surface area contributed by atoms with Crippen LogP contribution in [0.4, 0.5) is 0 Å². The first kappa shape index (κ1) is 14.0. The minimum absolute atomic E-state index is 0.0917. The third-order valence-electron chi connectivity index (χ3n) is 3.69. The van der Waals surface area contributed by atoms with Crippen molar-refractivity contribution < 1.29 is 5.11 Å². The van der Waals surface area contributed by atoms with E-state index in [1.54, 1.807) is 0 Å². The second-order valence-corrected chi connectivity index (χ2v) is 5.83. The van der Waals surface area contributed by atoms with Crippen molar-refractivity contribution in [2.75, 3.05) is 13.1 Å². The van der Waals surface area contributed by atoms with Crippen LogP contribution in [0.1, 0.15) is 31.4 Å². The molecule has 18 heavy (non-hydrogen) atoms. The predicted octanol–water partition coefficient (Wildman–Crippen LogP) is 2.29. The lowest BCUT2D eigenvalue weighted by molar-refractivity contribution is 0.148. The zero-order chi connectivity index (χ0) is 13.1. The predicted molar refractivity (Wildman–Crippen MR) is 77.3 cm³/mol. The summed E-state index contributed by atoms with van der Waals surface area (Å²) in [5.74, 6) is 0. The Morgan fingerprint density at radius 2 is 2.22 bits per heavy atom. The highest BCUT2D eigenvalue weighted by atomic mass is 79.9. The van der Waals surface area contributed by atoms with Gasteiger partial charge in [-0.25, -0.2) is 0 Å². The quantitative estimate of drug-likeness (QED) is 0.897. The van der Waals surface area contributed by atoms with E-state index in [-0.39, 0.29) is 18.2 Å². The van der Waals surface area contributed by atoms with E-state index in [9.17, 15) is 5.11 Å². The number of nitrogens with two attached hydrogens (primary N) is 1. The maximum atomic E-state index is 9.72. The molecule has 1 heterocycles. The molecule has 0 amide bonds. The van der Waals surface area contributed by atoms with Gasteiger partial charge in [-0.2, -0.15) is 0 Å². The van der Waals surface area contributed by atoms with E-state index in [0.717, 1.165) is 30.4 Å². The standard InChI is InChI=1S/C14H21BrN2O/c1-2-13(16)14(17-8-7-10(18)9-17)11-5-3-4-6-12(11)15/h3-6,10,13-14,18H,2,7-9,16H2,1H3. The van der Waals surface area contributed by atoms with Crippen LogP contribution < -0.4 is 5.73 Å². The molecule has 1 aliphatic heterocycles. The molecule has 1 saturated heterocycles. The van der Waals surface area contributed by atoms with E-state index in [4.69, 9.17) is 5.73 Å². The van der Waals surface area contributed by atoms with Crippen molar-refractivity contribution in [3.8, 4) is 0 Å². The Kier molecular flexibility index (Phi) is 4.78. The zero-order valence-electron chi connectivity index (χ0n) is 10.7. The Hall–Kier alpha value is -0.420. The van der Waals surface area contributed by atoms with Crippen molar-refractivity contribution in [3.05, 3.63) is 34.3 Å². The number of hydrogen-bond donors (Lipinski definition) is 2. The number of halogens is 1. The number of β-amino-alcohol motifs (C(OH)–C–C–N with tert-alkyl or cyclic N) is 1. The van der Waals surface area contributed by atoms with E-state index in [2.05, 4.69) is 39.9 Å². The SMILES string of the molecule is CCC(N)C(c1ccccc1Br)N1CCC(O)C1. The Bertz CT molecular complexity index is 399. The lowest BCUT2D eigenvalue weighted by atomic mass is 9.96. The normalized spacial score (nSPS) is 24.1. The number of rotatable bonds is 4. The molecule has 100 valence electrons. The fraction of sp³-hybridized carbons (Fsp3) is 0.571. The molecule has 1 aliphatic rings. The maximum Gasteiger partial charge on any atom is 0.0679 e. The molecule has 3 N–H and O–H groups in total. The van der Waals surface area contributed by atoms with E-state index in [0.29, 0.717) is 0 Å². The van der Waals surface area contributed by atoms with Crippen LogP contribution in [0.2, 0.25) is 0 Å². The lowest BCUT2D eigenvalue weighted by Crippen LogP contribution is -2.40. The average molecular weight is 313 g/mol. The van der Waals surface area contributed by atoms with Crippen LogP contribution >= 0.6 is 15.9 Å². The molecule has 0 saturated carbocycles. The molecule has 0 spiro atoms. The zero-order valence-corrected chi connectivity index (χ0v) is 12.3. The van der Waals surface area contributed by atoms with E-state index in [1.165, 1.54) is 5.56 Å². The van der Waals surface area contributed by atoms with Gasteiger partial charge in [0.15, 0.2) is 0 Å². The summed E-state index contributed by atoms with van der Waals surface area (Å²) < 4.78 is 1.10. The first-order valence-corrected chi connectivity index (χ1v) is 7.35. The summed E-state index contributed by atoms with van der Waals surface area (Å²) in [5.41, 5.74) is 7.52. The van der Waals surface area contributed by atoms with Gasteiger partial charge in [-0.3, -0.25) is 4.90 Å². The third-order valence-corrected chi connectivity index (χ3v) is 4.41. The monoisotopic (exact) mass is 312 g/mol. The molecule has 0 aliphatic carbocycles. The number of nitrogens with zero attached hydrogens (tertiary/aromatic N) is 1. The second kappa shape index (κ2) is 6.15. The summed E-state index contributed by atoms with van der Waals surface area (Å²) in [7, 11) is 0. The average Bonchev–Trinajstić information content (AvgIpc) is 2.78. The summed E-state index contributed by atoms with van der Waals surface area (Å²) in [6, 6.07) is 8.51. The Morgan fingerprint density at radius 3 is 2.78 bits per heavy atom. The van der Waals surface area contributed by atoms with Crippen LogP contribution in [0.15, 0.2) is 28.7 Å². The first-order chi connectivity index (χ1) is 8.63. The Labute approximate surface area is 117 Å². The van der Waals surface area contributed by atoms with Gasteiger partial charge in [-0.15, -0.1) is 0 Å². The van der Waals surface area contributed by atoms with Gasteiger partial charge in [0.05, 0.1) is 12.1 Å². The Balaban J connectivity index is 2.28. The number of likely N-dealkylation sites (tertiary alicyclic amines) is 1. The fourth-order valence-corrected chi connectivity index (χ4v) is 3.18. The van der Waals surface area contributed by atoms with E-state index in [1.807, 2.05) is 12.1 Å². The van der Waals surface area contributed by atoms with Gasteiger partial charge < -0.3 is 10.8 Å². The minimum Gasteiger partial charge on any atom is -0.392 e. The van der Waals surface area contributed by atoms with E-state index < -0.39 is 0 Å². The van der Waals surface area contributed by atoms with Gasteiger partial charge in [0.2, 0.25) is 0 Å². The van der Waals surface area contributed by atoms with Crippen LogP contribution in [0.3, 0.4) is 0 Å². The summed E-state index contributed by atoms with van der Waals surface area (Å²) >= 11 is 3.61. The molecule has 1 fully saturated rings. The first-order valence-electron chi connectivity index (χ1n) is 6.55. The molecule has 4 heteroatoms. The van der Waals surface area contributed by atoms with Gasteiger partial charge in [-0.1, -0.05) is 41.1 Å². The molecule has 3 atom stereocenters. The van der Waals surface area contributed by atoms with Crippen molar-refractivity contribution in [1.82, 2.24) is 4.90 Å². The van der Waals surface area contributed by atoms with Gasteiger partial charge in [0.25, 0.3) is 0 Å². The molecule has 3 unspecified atom stereocenters. The van der Waals surface area contributed by atoms with Crippen molar-refractivity contribution in [2.24, 2.45) is 5.73 Å². The highest BCUT2D eigenvalue weighted by Gasteiger charge is 2.32. The fourth-order valence-electron chi connectivity index (χ4n) is 2.66. The Morgan fingerprint density at radius 1 is 1.50 bits per heavy atom. The molecule has 1 aromatic carbocycles. The molecule has 0 aromatic heterocycles. The van der Waals surface area contributed by atoms with E-state index >= 15 is 0 Å². The van der Waals surface area contributed by atoms with Gasteiger partial charge in [-0.05, 0) is 24.5 Å². The van der Waals surface area contributed by atoms with Gasteiger partial charge in [0, 0.05) is 23.6 Å². The van der Waals surface area contributed by atoms with Crippen LogP contribution in [0, 0.1) is 0 Å². The molecule has 1 aromatic rings. The summed E-state index contributed by atoms with van der Waals surface area (Å²) in [6.07, 6.45) is 1.56. The molecule has 0 radical (unpaired) electrons.